The molecule has 0 aliphatic heterocycles. The molecule has 0 aliphatic rings. The number of nitrogens with one attached hydrogen (secondary N) is 1. The molecule has 3 nitrogen and oxygen atoms in total. The Labute approximate surface area is 98.2 Å². The van der Waals surface area contributed by atoms with E-state index in [4.69, 9.17) is 4.74 Å². The van der Waals surface area contributed by atoms with Crippen molar-refractivity contribution in [3.8, 4) is 5.75 Å². The number of hydrogen-bond donors (Lipinski definition) is 1. The fourth-order valence-electron chi connectivity index (χ4n) is 1.69. The summed E-state index contributed by atoms with van der Waals surface area (Å²) >= 11 is 0. The van der Waals surface area contributed by atoms with E-state index >= 15 is 0 Å². The second kappa shape index (κ2) is 7.23. The summed E-state index contributed by atoms with van der Waals surface area (Å²) in [4.78, 5) is 4.19. The number of rotatable bonds is 7. The average molecular weight is 222 g/mol. The van der Waals surface area contributed by atoms with Crippen LogP contribution in [-0.2, 0) is 6.42 Å². The minimum absolute atomic E-state index is 0.624. The van der Waals surface area contributed by atoms with Crippen molar-refractivity contribution in [1.29, 1.82) is 0 Å². The quantitative estimate of drug-likeness (QED) is 0.768. The first-order valence-electron chi connectivity index (χ1n) is 6.03. The van der Waals surface area contributed by atoms with Crippen molar-refractivity contribution < 1.29 is 4.74 Å². The summed E-state index contributed by atoms with van der Waals surface area (Å²) in [5.74, 6) is 1.49. The third-order valence-electron chi connectivity index (χ3n) is 2.41. The van der Waals surface area contributed by atoms with Crippen LogP contribution in [-0.4, -0.2) is 24.7 Å². The highest BCUT2D eigenvalue weighted by Crippen LogP contribution is 2.14. The molecule has 0 radical (unpaired) electrons. The first-order valence-corrected chi connectivity index (χ1v) is 6.03. The standard InChI is InChI=1S/C13H22N2O/c1-4-14-8-11(3)6-12-7-13(16-5-2)10-15-9-12/h7,9-11,14H,4-6,8H2,1-3H3. The summed E-state index contributed by atoms with van der Waals surface area (Å²) in [6, 6.07) is 2.08. The summed E-state index contributed by atoms with van der Waals surface area (Å²) < 4.78 is 5.43. The Morgan fingerprint density at radius 3 is 2.88 bits per heavy atom. The molecule has 0 saturated heterocycles. The molecule has 1 aromatic rings. The monoisotopic (exact) mass is 222 g/mol. The summed E-state index contributed by atoms with van der Waals surface area (Å²) in [7, 11) is 0. The zero-order valence-electron chi connectivity index (χ0n) is 10.5. The van der Waals surface area contributed by atoms with Crippen LogP contribution in [0.2, 0.25) is 0 Å². The van der Waals surface area contributed by atoms with Gasteiger partial charge in [-0.3, -0.25) is 4.98 Å². The van der Waals surface area contributed by atoms with Gasteiger partial charge in [-0.1, -0.05) is 13.8 Å². The largest absolute Gasteiger partial charge is 0.492 e. The van der Waals surface area contributed by atoms with Crippen LogP contribution in [0, 0.1) is 5.92 Å². The van der Waals surface area contributed by atoms with Gasteiger partial charge in [0.15, 0.2) is 0 Å². The number of aromatic nitrogens is 1. The molecule has 1 rings (SSSR count). The van der Waals surface area contributed by atoms with E-state index in [0.717, 1.165) is 25.3 Å². The molecular weight excluding hydrogens is 200 g/mol. The first-order chi connectivity index (χ1) is 7.76. The number of nitrogens with zero attached hydrogens (tertiary/aromatic N) is 1. The van der Waals surface area contributed by atoms with Crippen molar-refractivity contribution in [3.63, 3.8) is 0 Å². The highest BCUT2D eigenvalue weighted by molar-refractivity contribution is 5.23. The Morgan fingerprint density at radius 1 is 1.38 bits per heavy atom. The van der Waals surface area contributed by atoms with Gasteiger partial charge in [0.2, 0.25) is 0 Å². The van der Waals surface area contributed by atoms with Crippen LogP contribution in [0.25, 0.3) is 0 Å². The third-order valence-corrected chi connectivity index (χ3v) is 2.41. The molecule has 90 valence electrons. The third kappa shape index (κ3) is 4.62. The smallest absolute Gasteiger partial charge is 0.137 e. The van der Waals surface area contributed by atoms with Crippen molar-refractivity contribution in [1.82, 2.24) is 10.3 Å². The van der Waals surface area contributed by atoms with E-state index in [2.05, 4.69) is 30.2 Å². The van der Waals surface area contributed by atoms with E-state index in [-0.39, 0.29) is 0 Å². The molecular formula is C13H22N2O. The summed E-state index contributed by atoms with van der Waals surface area (Å²) in [6.07, 6.45) is 4.73. The van der Waals surface area contributed by atoms with Gasteiger partial charge in [0, 0.05) is 6.20 Å². The topological polar surface area (TPSA) is 34.2 Å². The van der Waals surface area contributed by atoms with E-state index in [1.165, 1.54) is 5.56 Å². The molecule has 0 spiro atoms. The number of pyridine rings is 1. The number of ether oxygens (including phenoxy) is 1. The van der Waals surface area contributed by atoms with Crippen molar-refractivity contribution in [2.75, 3.05) is 19.7 Å². The molecule has 0 fully saturated rings. The molecule has 1 N–H and O–H groups in total. The Hall–Kier alpha value is -1.09. The summed E-state index contributed by atoms with van der Waals surface area (Å²) in [6.45, 7) is 9.13. The van der Waals surface area contributed by atoms with Crippen molar-refractivity contribution >= 4 is 0 Å². The molecule has 0 bridgehead atoms. The van der Waals surface area contributed by atoms with Gasteiger partial charge >= 0.3 is 0 Å². The highest BCUT2D eigenvalue weighted by Gasteiger charge is 2.04. The second-order valence-electron chi connectivity index (χ2n) is 4.08. The van der Waals surface area contributed by atoms with Gasteiger partial charge in [0.05, 0.1) is 12.8 Å². The van der Waals surface area contributed by atoms with Crippen LogP contribution in [0.5, 0.6) is 5.75 Å². The van der Waals surface area contributed by atoms with Crippen molar-refractivity contribution in [2.45, 2.75) is 27.2 Å². The van der Waals surface area contributed by atoms with Gasteiger partial charge in [-0.15, -0.1) is 0 Å². The Balaban J connectivity index is 2.49. The summed E-state index contributed by atoms with van der Waals surface area (Å²) in [5.41, 5.74) is 1.25. The minimum atomic E-state index is 0.624. The maximum atomic E-state index is 5.43. The SMILES string of the molecule is CCNCC(C)Cc1cncc(OCC)c1. The van der Waals surface area contributed by atoms with Gasteiger partial charge in [-0.05, 0) is 44.0 Å². The van der Waals surface area contributed by atoms with Crippen LogP contribution in [0.1, 0.15) is 26.3 Å². The molecule has 0 aliphatic carbocycles. The number of hydrogen-bond acceptors (Lipinski definition) is 3. The normalized spacial score (nSPS) is 12.4. The predicted molar refractivity (Wildman–Crippen MR) is 66.8 cm³/mol. The minimum Gasteiger partial charge on any atom is -0.492 e. The maximum Gasteiger partial charge on any atom is 0.137 e. The van der Waals surface area contributed by atoms with E-state index in [1.54, 1.807) is 6.20 Å². The van der Waals surface area contributed by atoms with Gasteiger partial charge in [0.1, 0.15) is 5.75 Å². The molecule has 16 heavy (non-hydrogen) atoms. The van der Waals surface area contributed by atoms with Crippen LogP contribution >= 0.6 is 0 Å². The van der Waals surface area contributed by atoms with E-state index in [9.17, 15) is 0 Å². The molecule has 0 aromatic carbocycles. The molecule has 1 aromatic heterocycles. The van der Waals surface area contributed by atoms with Gasteiger partial charge in [-0.25, -0.2) is 0 Å². The Bertz CT molecular complexity index is 302. The van der Waals surface area contributed by atoms with Crippen LogP contribution < -0.4 is 10.1 Å². The fraction of sp³-hybridized carbons (Fsp3) is 0.615. The lowest BCUT2D eigenvalue weighted by Crippen LogP contribution is -2.21. The molecule has 1 heterocycles. The highest BCUT2D eigenvalue weighted by atomic mass is 16.5. The van der Waals surface area contributed by atoms with Crippen LogP contribution in [0.15, 0.2) is 18.5 Å². The van der Waals surface area contributed by atoms with Gasteiger partial charge in [0.25, 0.3) is 0 Å². The average Bonchev–Trinajstić information content (AvgIpc) is 2.27. The molecule has 0 amide bonds. The zero-order chi connectivity index (χ0) is 11.8. The van der Waals surface area contributed by atoms with Crippen molar-refractivity contribution in [3.05, 3.63) is 24.0 Å². The lowest BCUT2D eigenvalue weighted by atomic mass is 10.0. The lowest BCUT2D eigenvalue weighted by molar-refractivity contribution is 0.338. The zero-order valence-corrected chi connectivity index (χ0v) is 10.5. The molecule has 1 unspecified atom stereocenters. The van der Waals surface area contributed by atoms with E-state index in [1.807, 2.05) is 13.1 Å². The van der Waals surface area contributed by atoms with Crippen LogP contribution in [0.4, 0.5) is 0 Å². The van der Waals surface area contributed by atoms with E-state index < -0.39 is 0 Å². The predicted octanol–water partition coefficient (Wildman–Crippen LogP) is 2.27. The first kappa shape index (κ1) is 13.0. The maximum absolute atomic E-state index is 5.43. The summed E-state index contributed by atoms with van der Waals surface area (Å²) in [5, 5.41) is 3.36. The Kier molecular flexibility index (Phi) is 5.86. The molecule has 3 heteroatoms. The fourth-order valence-corrected chi connectivity index (χ4v) is 1.69. The van der Waals surface area contributed by atoms with Gasteiger partial charge in [-0.2, -0.15) is 0 Å². The van der Waals surface area contributed by atoms with Crippen molar-refractivity contribution in [2.24, 2.45) is 5.92 Å². The van der Waals surface area contributed by atoms with Crippen LogP contribution in [0.3, 0.4) is 0 Å². The molecule has 1 atom stereocenters. The second-order valence-corrected chi connectivity index (χ2v) is 4.08. The Morgan fingerprint density at radius 2 is 2.19 bits per heavy atom. The van der Waals surface area contributed by atoms with E-state index in [0.29, 0.717) is 12.5 Å². The molecule has 0 saturated carbocycles. The van der Waals surface area contributed by atoms with Gasteiger partial charge < -0.3 is 10.1 Å². The lowest BCUT2D eigenvalue weighted by Gasteiger charge is -2.12.